The third-order valence-corrected chi connectivity index (χ3v) is 2.55. The predicted octanol–water partition coefficient (Wildman–Crippen LogP) is -1.26. The smallest absolute Gasteiger partial charge is 0.183 e. The summed E-state index contributed by atoms with van der Waals surface area (Å²) in [6, 6.07) is 0. The minimum atomic E-state index is -1.30. The number of aliphatic hydroxyl groups is 3. The van der Waals surface area contributed by atoms with Crippen molar-refractivity contribution in [2.24, 2.45) is 0 Å². The fourth-order valence-corrected chi connectivity index (χ4v) is 1.28. The Morgan fingerprint density at radius 3 is 2.27 bits per heavy atom. The van der Waals surface area contributed by atoms with Crippen LogP contribution in [0, 0.1) is 0 Å². The van der Waals surface area contributed by atoms with E-state index in [1.807, 2.05) is 0 Å². The molecule has 1 saturated heterocycles. The highest BCUT2D eigenvalue weighted by atomic mass is 32.1. The monoisotopic (exact) mass is 180 g/mol. The zero-order valence-electron chi connectivity index (χ0n) is 6.08. The Bertz CT molecular complexity index is 129. The average molecular weight is 180 g/mol. The Morgan fingerprint density at radius 2 is 1.73 bits per heavy atom. The van der Waals surface area contributed by atoms with E-state index in [-0.39, 0.29) is 6.10 Å². The highest BCUT2D eigenvalue weighted by Gasteiger charge is 2.39. The van der Waals surface area contributed by atoms with Gasteiger partial charge in [-0.1, -0.05) is 0 Å². The van der Waals surface area contributed by atoms with E-state index in [0.717, 1.165) is 0 Å². The molecule has 1 fully saturated rings. The SMILES string of the molecule is CC1OC(O)C(O)C(O)C1S. The Labute approximate surface area is 70.2 Å². The van der Waals surface area contributed by atoms with Crippen molar-refractivity contribution in [2.45, 2.75) is 36.8 Å². The van der Waals surface area contributed by atoms with Crippen molar-refractivity contribution in [2.75, 3.05) is 0 Å². The molecule has 5 atom stereocenters. The molecular formula is C6H12O4S. The Balaban J connectivity index is 2.63. The summed E-state index contributed by atoms with van der Waals surface area (Å²) < 4.78 is 4.85. The molecule has 0 aromatic rings. The van der Waals surface area contributed by atoms with E-state index < -0.39 is 23.7 Å². The molecule has 0 radical (unpaired) electrons. The molecule has 0 bridgehead atoms. The lowest BCUT2D eigenvalue weighted by molar-refractivity contribution is -0.239. The molecule has 1 aliphatic heterocycles. The van der Waals surface area contributed by atoms with Crippen LogP contribution >= 0.6 is 12.6 Å². The van der Waals surface area contributed by atoms with Gasteiger partial charge in [-0.15, -0.1) is 0 Å². The second-order valence-corrected chi connectivity index (χ2v) is 3.30. The minimum Gasteiger partial charge on any atom is -0.389 e. The third-order valence-electron chi connectivity index (χ3n) is 1.83. The molecule has 0 aromatic carbocycles. The maximum absolute atomic E-state index is 9.22. The summed E-state index contributed by atoms with van der Waals surface area (Å²) in [6.45, 7) is 1.68. The van der Waals surface area contributed by atoms with Crippen molar-refractivity contribution in [3.63, 3.8) is 0 Å². The standard InChI is InChI=1S/C6H12O4S/c1-2-5(11)3(7)4(8)6(9)10-2/h2-9,11H,1H3. The average Bonchev–Trinajstić information content (AvgIpc) is 1.97. The van der Waals surface area contributed by atoms with Crippen LogP contribution in [0.25, 0.3) is 0 Å². The second-order valence-electron chi connectivity index (χ2n) is 2.70. The molecule has 0 aliphatic carbocycles. The van der Waals surface area contributed by atoms with Gasteiger partial charge in [-0.3, -0.25) is 0 Å². The number of aliphatic hydroxyl groups excluding tert-OH is 3. The number of rotatable bonds is 0. The normalized spacial score (nSPS) is 52.6. The zero-order chi connectivity index (χ0) is 8.59. The van der Waals surface area contributed by atoms with Gasteiger partial charge >= 0.3 is 0 Å². The van der Waals surface area contributed by atoms with Crippen LogP contribution in [0.1, 0.15) is 6.92 Å². The number of hydrogen-bond acceptors (Lipinski definition) is 5. The third kappa shape index (κ3) is 1.68. The van der Waals surface area contributed by atoms with Crippen molar-refractivity contribution in [3.8, 4) is 0 Å². The molecule has 5 unspecified atom stereocenters. The fraction of sp³-hybridized carbons (Fsp3) is 1.00. The van der Waals surface area contributed by atoms with Crippen molar-refractivity contribution < 1.29 is 20.1 Å². The molecule has 1 aliphatic rings. The van der Waals surface area contributed by atoms with E-state index in [1.165, 1.54) is 0 Å². The van der Waals surface area contributed by atoms with Crippen LogP contribution in [0.3, 0.4) is 0 Å². The summed E-state index contributed by atoms with van der Waals surface area (Å²) in [7, 11) is 0. The van der Waals surface area contributed by atoms with Gasteiger partial charge < -0.3 is 20.1 Å². The Morgan fingerprint density at radius 1 is 1.18 bits per heavy atom. The summed E-state index contributed by atoms with van der Waals surface area (Å²) >= 11 is 4.00. The topological polar surface area (TPSA) is 69.9 Å². The van der Waals surface area contributed by atoms with Gasteiger partial charge in [-0.05, 0) is 6.92 Å². The first kappa shape index (κ1) is 9.28. The molecule has 66 valence electrons. The summed E-state index contributed by atoms with van der Waals surface area (Å²) in [4.78, 5) is 0. The molecule has 0 amide bonds. The first-order valence-electron chi connectivity index (χ1n) is 3.41. The van der Waals surface area contributed by atoms with Crippen LogP contribution in [0.5, 0.6) is 0 Å². The van der Waals surface area contributed by atoms with Gasteiger partial charge in [-0.2, -0.15) is 12.6 Å². The van der Waals surface area contributed by atoms with Gasteiger partial charge in [0.05, 0.1) is 17.5 Å². The molecule has 3 N–H and O–H groups in total. The van der Waals surface area contributed by atoms with Crippen molar-refractivity contribution in [3.05, 3.63) is 0 Å². The molecule has 0 spiro atoms. The lowest BCUT2D eigenvalue weighted by Crippen LogP contribution is -2.54. The van der Waals surface area contributed by atoms with Gasteiger partial charge in [0.2, 0.25) is 0 Å². The first-order chi connectivity index (χ1) is 5.04. The fourth-order valence-electron chi connectivity index (χ4n) is 1.03. The van der Waals surface area contributed by atoms with Gasteiger partial charge in [0, 0.05) is 0 Å². The van der Waals surface area contributed by atoms with Gasteiger partial charge in [0.1, 0.15) is 6.10 Å². The van der Waals surface area contributed by atoms with Gasteiger partial charge in [-0.25, -0.2) is 0 Å². The van der Waals surface area contributed by atoms with E-state index in [0.29, 0.717) is 0 Å². The molecule has 5 heteroatoms. The van der Waals surface area contributed by atoms with Crippen molar-refractivity contribution in [1.29, 1.82) is 0 Å². The summed E-state index contributed by atoms with van der Waals surface area (Å²) in [5.41, 5.74) is 0. The van der Waals surface area contributed by atoms with Crippen LogP contribution in [-0.4, -0.2) is 45.2 Å². The second kappa shape index (κ2) is 3.28. The highest BCUT2D eigenvalue weighted by Crippen LogP contribution is 2.22. The molecule has 1 rings (SSSR count). The van der Waals surface area contributed by atoms with Crippen LogP contribution in [0.4, 0.5) is 0 Å². The predicted molar refractivity (Wildman–Crippen MR) is 41.3 cm³/mol. The maximum Gasteiger partial charge on any atom is 0.183 e. The van der Waals surface area contributed by atoms with E-state index >= 15 is 0 Å². The molecular weight excluding hydrogens is 168 g/mol. The first-order valence-corrected chi connectivity index (χ1v) is 3.93. The molecule has 11 heavy (non-hydrogen) atoms. The largest absolute Gasteiger partial charge is 0.389 e. The number of ether oxygens (including phenoxy) is 1. The lowest BCUT2D eigenvalue weighted by atomic mass is 10.0. The molecule has 0 saturated carbocycles. The number of thiol groups is 1. The lowest BCUT2D eigenvalue weighted by Gasteiger charge is -2.37. The molecule has 0 aromatic heterocycles. The quantitative estimate of drug-likeness (QED) is 0.351. The summed E-state index contributed by atoms with van der Waals surface area (Å²) in [5, 5.41) is 26.8. The van der Waals surface area contributed by atoms with E-state index in [1.54, 1.807) is 6.92 Å². The summed E-state index contributed by atoms with van der Waals surface area (Å²) in [5.74, 6) is 0. The van der Waals surface area contributed by atoms with E-state index in [4.69, 9.17) is 14.9 Å². The van der Waals surface area contributed by atoms with Crippen LogP contribution < -0.4 is 0 Å². The molecule has 4 nitrogen and oxygen atoms in total. The maximum atomic E-state index is 9.22. The van der Waals surface area contributed by atoms with Gasteiger partial charge in [0.25, 0.3) is 0 Å². The van der Waals surface area contributed by atoms with Crippen LogP contribution in [0.15, 0.2) is 0 Å². The minimum absolute atomic E-state index is 0.355. The van der Waals surface area contributed by atoms with Crippen molar-refractivity contribution >= 4 is 12.6 Å². The van der Waals surface area contributed by atoms with Crippen LogP contribution in [0.2, 0.25) is 0 Å². The van der Waals surface area contributed by atoms with Crippen LogP contribution in [-0.2, 0) is 4.74 Å². The Kier molecular flexibility index (Phi) is 2.77. The highest BCUT2D eigenvalue weighted by molar-refractivity contribution is 7.81. The van der Waals surface area contributed by atoms with Gasteiger partial charge in [0.15, 0.2) is 6.29 Å². The Hall–Kier alpha value is 0.190. The zero-order valence-corrected chi connectivity index (χ0v) is 6.98. The number of hydrogen-bond donors (Lipinski definition) is 4. The van der Waals surface area contributed by atoms with E-state index in [9.17, 15) is 5.11 Å². The van der Waals surface area contributed by atoms with E-state index in [2.05, 4.69) is 12.6 Å². The summed E-state index contributed by atoms with van der Waals surface area (Å²) in [6.07, 6.45) is -3.94. The molecule has 1 heterocycles. The van der Waals surface area contributed by atoms with Crippen molar-refractivity contribution in [1.82, 2.24) is 0 Å².